The van der Waals surface area contributed by atoms with Crippen LogP contribution in [0.25, 0.3) is 10.9 Å². The Morgan fingerprint density at radius 3 is 1.68 bits per heavy atom. The average molecular weight is 833 g/mol. The van der Waals surface area contributed by atoms with Gasteiger partial charge in [0.05, 0.1) is 25.8 Å². The Bertz CT molecular complexity index is 2140. The first kappa shape index (κ1) is 45.7. The number of benzene rings is 3. The van der Waals surface area contributed by atoms with Crippen LogP contribution in [-0.2, 0) is 52.8 Å². The van der Waals surface area contributed by atoms with Crippen LogP contribution in [0, 0.1) is 0 Å². The van der Waals surface area contributed by atoms with E-state index in [-0.39, 0.29) is 30.8 Å². The number of rotatable bonds is 21. The van der Waals surface area contributed by atoms with Gasteiger partial charge in [0, 0.05) is 36.4 Å². The Labute approximate surface area is 342 Å². The normalized spacial score (nSPS) is 14.0. The number of nitrogens with two attached hydrogens (primary N) is 1. The van der Waals surface area contributed by atoms with E-state index in [2.05, 4.69) is 36.9 Å². The summed E-state index contributed by atoms with van der Waals surface area (Å²) in [6.45, 7) is -0.699. The zero-order chi connectivity index (χ0) is 43.9. The topological polar surface area (TPSA) is 335 Å². The summed E-state index contributed by atoms with van der Waals surface area (Å²) in [4.78, 5) is 94.2. The molecular formula is C40H48N8O12. The van der Waals surface area contributed by atoms with Crippen molar-refractivity contribution in [2.24, 2.45) is 5.73 Å². The number of carboxylic acids is 1. The Balaban J connectivity index is 1.60. The number of aliphatic carboxylic acids is 1. The molecule has 320 valence electrons. The van der Waals surface area contributed by atoms with Gasteiger partial charge in [0.1, 0.15) is 35.7 Å². The number of aromatic hydroxyl groups is 2. The van der Waals surface area contributed by atoms with Crippen LogP contribution in [0.5, 0.6) is 11.5 Å². The van der Waals surface area contributed by atoms with Gasteiger partial charge in [0.15, 0.2) is 6.04 Å². The smallest absolute Gasteiger partial charge is 0.328 e. The molecule has 0 unspecified atom stereocenters. The number of hydrogen-bond acceptors (Lipinski definition) is 12. The van der Waals surface area contributed by atoms with Crippen LogP contribution in [0.1, 0.15) is 23.6 Å². The molecule has 20 nitrogen and oxygen atoms in total. The number of carbonyl (C=O) groups is 7. The molecule has 4 rings (SSSR count). The summed E-state index contributed by atoms with van der Waals surface area (Å²) in [7, 11) is 0. The monoisotopic (exact) mass is 832 g/mol. The van der Waals surface area contributed by atoms with Gasteiger partial charge in [-0.25, -0.2) is 4.79 Å². The fourth-order valence-corrected chi connectivity index (χ4v) is 5.94. The maximum absolute atomic E-state index is 14.3. The second-order valence-electron chi connectivity index (χ2n) is 13.9. The van der Waals surface area contributed by atoms with Crippen LogP contribution in [0.2, 0.25) is 0 Å². The van der Waals surface area contributed by atoms with E-state index in [1.54, 1.807) is 30.5 Å². The number of phenols is 2. The first-order valence-electron chi connectivity index (χ1n) is 18.7. The van der Waals surface area contributed by atoms with Crippen molar-refractivity contribution in [1.29, 1.82) is 0 Å². The van der Waals surface area contributed by atoms with Crippen molar-refractivity contribution < 1.29 is 59.1 Å². The molecule has 6 amide bonds. The van der Waals surface area contributed by atoms with Crippen molar-refractivity contribution in [1.82, 2.24) is 36.9 Å². The third-order valence-electron chi connectivity index (χ3n) is 9.22. The van der Waals surface area contributed by atoms with Crippen molar-refractivity contribution in [3.63, 3.8) is 0 Å². The van der Waals surface area contributed by atoms with E-state index in [1.807, 2.05) is 0 Å². The third-order valence-corrected chi connectivity index (χ3v) is 9.22. The van der Waals surface area contributed by atoms with E-state index in [0.29, 0.717) is 22.1 Å². The molecule has 0 radical (unpaired) electrons. The Morgan fingerprint density at radius 2 is 1.15 bits per heavy atom. The summed E-state index contributed by atoms with van der Waals surface area (Å²) in [5, 5.41) is 63.7. The average Bonchev–Trinajstić information content (AvgIpc) is 3.63. The number of H-pyrrole nitrogens is 1. The number of amides is 6. The van der Waals surface area contributed by atoms with Crippen LogP contribution in [0.3, 0.4) is 0 Å². The maximum Gasteiger partial charge on any atom is 0.328 e. The highest BCUT2D eigenvalue weighted by Gasteiger charge is 2.33. The molecule has 3 aromatic carbocycles. The highest BCUT2D eigenvalue weighted by molar-refractivity contribution is 5.96. The van der Waals surface area contributed by atoms with Gasteiger partial charge >= 0.3 is 5.97 Å². The molecule has 0 bridgehead atoms. The van der Waals surface area contributed by atoms with Crippen molar-refractivity contribution in [2.75, 3.05) is 19.7 Å². The van der Waals surface area contributed by atoms with Crippen molar-refractivity contribution in [3.05, 3.63) is 95.7 Å². The maximum atomic E-state index is 14.3. The van der Waals surface area contributed by atoms with Gasteiger partial charge in [0.25, 0.3) is 0 Å². The summed E-state index contributed by atoms with van der Waals surface area (Å²) >= 11 is 0. The summed E-state index contributed by atoms with van der Waals surface area (Å²) in [5.41, 5.74) is 7.64. The lowest BCUT2D eigenvalue weighted by atomic mass is 10.0. The second-order valence-corrected chi connectivity index (χ2v) is 13.9. The number of fused-ring (bicyclic) bond motifs is 1. The molecule has 14 N–H and O–H groups in total. The molecule has 60 heavy (non-hydrogen) atoms. The fourth-order valence-electron chi connectivity index (χ4n) is 5.94. The number of aromatic amines is 1. The molecule has 1 heterocycles. The van der Waals surface area contributed by atoms with Gasteiger partial charge in [-0.2, -0.15) is 0 Å². The van der Waals surface area contributed by atoms with E-state index in [4.69, 9.17) is 10.8 Å². The second kappa shape index (κ2) is 21.6. The minimum atomic E-state index is -1.73. The largest absolute Gasteiger partial charge is 0.508 e. The molecule has 0 aliphatic rings. The van der Waals surface area contributed by atoms with Gasteiger partial charge in [-0.15, -0.1) is 0 Å². The first-order chi connectivity index (χ1) is 28.5. The minimum absolute atomic E-state index is 0.0708. The number of aromatic nitrogens is 1. The van der Waals surface area contributed by atoms with E-state index in [0.717, 1.165) is 5.52 Å². The van der Waals surface area contributed by atoms with E-state index >= 15 is 0 Å². The van der Waals surface area contributed by atoms with E-state index in [9.17, 15) is 54.0 Å². The Kier molecular flexibility index (Phi) is 16.5. The Hall–Kier alpha value is -7.03. The third kappa shape index (κ3) is 13.5. The standard InChI is InChI=1S/C40H48N8O12/c1-21(50)35(40(59)60)48-39(58)32(16-24-17-42-29-5-3-2-4-27(24)29)47-38(57)31(15-23-8-12-26(52)13-9-23)46-37(56)30(14-22-6-10-25(51)11-7-22)45-34(54)19-43-33(53)18-44-36(55)28(41)20-49/h2-13,17,21,28,30-32,35,42,49-52H,14-16,18-20,41H2,1H3,(H,43,53)(H,44,55)(H,45,54)(H,46,56)(H,47,57)(H,48,58)(H,59,60)/t21-,28+,30+,31+,32+,35+/m1/s1. The van der Waals surface area contributed by atoms with Gasteiger partial charge in [-0.3, -0.25) is 28.8 Å². The van der Waals surface area contributed by atoms with Crippen molar-refractivity contribution in [2.45, 2.75) is 62.5 Å². The van der Waals surface area contributed by atoms with E-state index in [1.165, 1.54) is 55.5 Å². The lowest BCUT2D eigenvalue weighted by Crippen LogP contribution is -2.60. The number of carboxylic acid groups (broad SMARTS) is 1. The van der Waals surface area contributed by atoms with Gasteiger partial charge in [0.2, 0.25) is 35.4 Å². The summed E-state index contributed by atoms with van der Waals surface area (Å²) in [5.74, 6) is -6.85. The molecule has 1 aromatic heterocycles. The molecule has 0 aliphatic heterocycles. The first-order valence-corrected chi connectivity index (χ1v) is 18.7. The van der Waals surface area contributed by atoms with E-state index < -0.39 is 97.4 Å². The van der Waals surface area contributed by atoms with Gasteiger partial charge in [-0.1, -0.05) is 42.5 Å². The number of para-hydroxylation sites is 1. The van der Waals surface area contributed by atoms with Crippen LogP contribution >= 0.6 is 0 Å². The predicted octanol–water partition coefficient (Wildman–Crippen LogP) is -2.44. The molecule has 0 aliphatic carbocycles. The van der Waals surface area contributed by atoms with Crippen LogP contribution < -0.4 is 37.6 Å². The summed E-state index contributed by atoms with van der Waals surface area (Å²) in [6.07, 6.45) is -0.417. The van der Waals surface area contributed by atoms with Gasteiger partial charge in [-0.05, 0) is 53.9 Å². The molecule has 0 fully saturated rings. The fraction of sp³-hybridized carbons (Fsp3) is 0.325. The molecule has 4 aromatic rings. The molecule has 0 saturated heterocycles. The predicted molar refractivity (Wildman–Crippen MR) is 214 cm³/mol. The SMILES string of the molecule is C[C@@H](O)[C@H](NC(=O)[C@H](Cc1c[nH]c2ccccc12)NC(=O)[C@H](Cc1ccc(O)cc1)NC(=O)[C@H](Cc1ccc(O)cc1)NC(=O)CNC(=O)CNC(=O)[C@@H](N)CO)C(=O)O. The number of aliphatic hydroxyl groups is 2. The molecule has 0 saturated carbocycles. The van der Waals surface area contributed by atoms with Crippen molar-refractivity contribution >= 4 is 52.3 Å². The van der Waals surface area contributed by atoms with Crippen LogP contribution in [0.15, 0.2) is 79.0 Å². The Morgan fingerprint density at radius 1 is 0.650 bits per heavy atom. The summed E-state index contributed by atoms with van der Waals surface area (Å²) < 4.78 is 0. The minimum Gasteiger partial charge on any atom is -0.508 e. The lowest BCUT2D eigenvalue weighted by Gasteiger charge is -2.27. The highest BCUT2D eigenvalue weighted by Crippen LogP contribution is 2.20. The summed E-state index contributed by atoms with van der Waals surface area (Å²) in [6, 6.07) is 11.2. The molecule has 20 heteroatoms. The van der Waals surface area contributed by atoms with Crippen molar-refractivity contribution in [3.8, 4) is 11.5 Å². The van der Waals surface area contributed by atoms with Crippen LogP contribution in [0.4, 0.5) is 0 Å². The zero-order valence-electron chi connectivity index (χ0n) is 32.4. The number of hydrogen-bond donors (Lipinski definition) is 13. The molecular weight excluding hydrogens is 784 g/mol. The highest BCUT2D eigenvalue weighted by atomic mass is 16.4. The quantitative estimate of drug-likeness (QED) is 0.0416. The number of phenolic OH excluding ortho intramolecular Hbond substituents is 2. The zero-order valence-corrected chi connectivity index (χ0v) is 32.4. The van der Waals surface area contributed by atoms with Gasteiger partial charge < -0.3 is 68.2 Å². The number of carbonyl (C=O) groups excluding carboxylic acids is 6. The molecule has 0 spiro atoms. The van der Waals surface area contributed by atoms with Crippen LogP contribution in [-0.4, -0.2) is 128 Å². The number of aliphatic hydroxyl groups excluding tert-OH is 2. The molecule has 6 atom stereocenters. The number of nitrogens with one attached hydrogen (secondary N) is 7. The lowest BCUT2D eigenvalue weighted by molar-refractivity contribution is -0.145.